The summed E-state index contributed by atoms with van der Waals surface area (Å²) in [6.45, 7) is 4.45. The van der Waals surface area contributed by atoms with E-state index in [2.05, 4.69) is 0 Å². The maximum atomic E-state index is 13.3. The fraction of sp³-hybridized carbons (Fsp3) is 0.185. The van der Waals surface area contributed by atoms with Crippen LogP contribution >= 0.6 is 0 Å². The van der Waals surface area contributed by atoms with Gasteiger partial charge in [0.05, 0.1) is 29.8 Å². The van der Waals surface area contributed by atoms with Gasteiger partial charge in [-0.2, -0.15) is 0 Å². The summed E-state index contributed by atoms with van der Waals surface area (Å²) >= 11 is 0. The van der Waals surface area contributed by atoms with E-state index >= 15 is 0 Å². The summed E-state index contributed by atoms with van der Waals surface area (Å²) in [5.41, 5.74) is 0.894. The highest BCUT2D eigenvalue weighted by Crippen LogP contribution is 2.44. The lowest BCUT2D eigenvalue weighted by molar-refractivity contribution is -0.384. The number of hydrogen-bond acceptors (Lipinski definition) is 7. The SMILES string of the molecule is CCOc1ccc(N2C(=O)C(=O)/C(=C(/O)c3ccc([N+](=O)[O-])cc3)C2c2ccccc2)cc1OCC. The van der Waals surface area contributed by atoms with Crippen molar-refractivity contribution in [1.29, 1.82) is 0 Å². The molecule has 1 fully saturated rings. The Morgan fingerprint density at radius 2 is 1.58 bits per heavy atom. The Morgan fingerprint density at radius 3 is 2.19 bits per heavy atom. The van der Waals surface area contributed by atoms with Gasteiger partial charge in [-0.25, -0.2) is 0 Å². The number of anilines is 1. The van der Waals surface area contributed by atoms with Gasteiger partial charge in [0.15, 0.2) is 11.5 Å². The van der Waals surface area contributed by atoms with Crippen LogP contribution in [0.15, 0.2) is 78.4 Å². The molecule has 0 aliphatic carbocycles. The number of rotatable bonds is 8. The molecule has 0 saturated carbocycles. The molecule has 0 aromatic heterocycles. The fourth-order valence-electron chi connectivity index (χ4n) is 4.14. The molecule has 4 rings (SSSR count). The number of amides is 1. The number of ether oxygens (including phenoxy) is 2. The van der Waals surface area contributed by atoms with Crippen LogP contribution in [0.25, 0.3) is 5.76 Å². The second kappa shape index (κ2) is 10.3. The molecule has 0 radical (unpaired) electrons. The number of nitrogens with zero attached hydrogens (tertiary/aromatic N) is 2. The average Bonchev–Trinajstić information content (AvgIpc) is 3.15. The molecule has 9 heteroatoms. The van der Waals surface area contributed by atoms with Crippen LogP contribution in [0.2, 0.25) is 0 Å². The van der Waals surface area contributed by atoms with E-state index in [1.54, 1.807) is 48.5 Å². The second-order valence-electron chi connectivity index (χ2n) is 7.88. The number of nitro benzene ring substituents is 1. The summed E-state index contributed by atoms with van der Waals surface area (Å²) < 4.78 is 11.3. The minimum atomic E-state index is -0.936. The van der Waals surface area contributed by atoms with Crippen LogP contribution in [0.5, 0.6) is 11.5 Å². The molecular weight excluding hydrogens is 464 g/mol. The molecule has 184 valence electrons. The lowest BCUT2D eigenvalue weighted by Gasteiger charge is -2.26. The second-order valence-corrected chi connectivity index (χ2v) is 7.88. The van der Waals surface area contributed by atoms with Crippen molar-refractivity contribution < 1.29 is 29.1 Å². The molecule has 1 unspecified atom stereocenters. The van der Waals surface area contributed by atoms with Crippen LogP contribution in [0.3, 0.4) is 0 Å². The topological polar surface area (TPSA) is 119 Å². The van der Waals surface area contributed by atoms with Crippen molar-refractivity contribution in [3.05, 3.63) is 99.6 Å². The van der Waals surface area contributed by atoms with Gasteiger partial charge in [-0.1, -0.05) is 30.3 Å². The maximum absolute atomic E-state index is 13.3. The molecule has 0 spiro atoms. The first-order valence-electron chi connectivity index (χ1n) is 11.4. The molecule has 36 heavy (non-hydrogen) atoms. The highest BCUT2D eigenvalue weighted by atomic mass is 16.6. The summed E-state index contributed by atoms with van der Waals surface area (Å²) in [6.07, 6.45) is 0. The number of ketones is 1. The van der Waals surface area contributed by atoms with E-state index in [1.165, 1.54) is 29.2 Å². The fourth-order valence-corrected chi connectivity index (χ4v) is 4.14. The number of benzene rings is 3. The number of non-ortho nitro benzene ring substituents is 1. The Bertz CT molecular complexity index is 1330. The summed E-state index contributed by atoms with van der Waals surface area (Å²) in [7, 11) is 0. The smallest absolute Gasteiger partial charge is 0.300 e. The van der Waals surface area contributed by atoms with Crippen LogP contribution in [-0.4, -0.2) is 34.9 Å². The highest BCUT2D eigenvalue weighted by Gasteiger charge is 2.47. The van der Waals surface area contributed by atoms with Crippen molar-refractivity contribution in [1.82, 2.24) is 0 Å². The molecule has 1 amide bonds. The first-order chi connectivity index (χ1) is 17.4. The summed E-state index contributed by atoms with van der Waals surface area (Å²) in [5, 5.41) is 22.2. The highest BCUT2D eigenvalue weighted by molar-refractivity contribution is 6.51. The first kappa shape index (κ1) is 24.5. The van der Waals surface area contributed by atoms with Crippen LogP contribution in [-0.2, 0) is 9.59 Å². The number of aliphatic hydroxyl groups excluding tert-OH is 1. The molecular formula is C27H24N2O7. The standard InChI is InChI=1S/C27H24N2O7/c1-3-35-21-15-14-20(16-22(21)36-4-2)28-24(17-8-6-5-7-9-17)23(26(31)27(28)32)25(30)18-10-12-19(13-11-18)29(33)34/h5-16,24,30H,3-4H2,1-2H3/b25-23+. The van der Waals surface area contributed by atoms with Gasteiger partial charge in [0.2, 0.25) is 0 Å². The molecule has 1 heterocycles. The van der Waals surface area contributed by atoms with Gasteiger partial charge in [-0.15, -0.1) is 0 Å². The Balaban J connectivity index is 1.88. The van der Waals surface area contributed by atoms with E-state index < -0.39 is 28.4 Å². The lowest BCUT2D eigenvalue weighted by atomic mass is 9.95. The van der Waals surface area contributed by atoms with Crippen LogP contribution in [0.4, 0.5) is 11.4 Å². The normalized spacial score (nSPS) is 16.7. The molecule has 9 nitrogen and oxygen atoms in total. The van der Waals surface area contributed by atoms with Crippen molar-refractivity contribution in [2.75, 3.05) is 18.1 Å². The predicted octanol–water partition coefficient (Wildman–Crippen LogP) is 5.02. The van der Waals surface area contributed by atoms with Gasteiger partial charge in [0.1, 0.15) is 5.76 Å². The summed E-state index contributed by atoms with van der Waals surface area (Å²) in [6, 6.07) is 18.0. The quantitative estimate of drug-likeness (QED) is 0.155. The molecule has 1 atom stereocenters. The van der Waals surface area contributed by atoms with Crippen LogP contribution in [0, 0.1) is 10.1 Å². The van der Waals surface area contributed by atoms with E-state index in [9.17, 15) is 24.8 Å². The monoisotopic (exact) mass is 488 g/mol. The lowest BCUT2D eigenvalue weighted by Crippen LogP contribution is -2.29. The van der Waals surface area contributed by atoms with E-state index in [-0.39, 0.29) is 16.8 Å². The Morgan fingerprint density at radius 1 is 0.944 bits per heavy atom. The van der Waals surface area contributed by atoms with Gasteiger partial charge in [-0.3, -0.25) is 24.6 Å². The molecule has 0 bridgehead atoms. The molecule has 1 N–H and O–H groups in total. The summed E-state index contributed by atoms with van der Waals surface area (Å²) in [4.78, 5) is 38.4. The Kier molecular flexibility index (Phi) is 7.00. The predicted molar refractivity (Wildman–Crippen MR) is 133 cm³/mol. The van der Waals surface area contributed by atoms with Gasteiger partial charge in [-0.05, 0) is 43.7 Å². The zero-order valence-corrected chi connectivity index (χ0v) is 19.7. The third-order valence-corrected chi connectivity index (χ3v) is 5.72. The number of carbonyl (C=O) groups is 2. The number of carbonyl (C=O) groups excluding carboxylic acids is 2. The molecule has 1 aliphatic heterocycles. The van der Waals surface area contributed by atoms with Crippen molar-refractivity contribution in [2.45, 2.75) is 19.9 Å². The van der Waals surface area contributed by atoms with E-state index in [4.69, 9.17) is 9.47 Å². The summed E-state index contributed by atoms with van der Waals surface area (Å²) in [5.74, 6) is -1.19. The maximum Gasteiger partial charge on any atom is 0.300 e. The number of Topliss-reactive ketones (excluding diaryl/α,β-unsaturated/α-hetero) is 1. The molecule has 1 saturated heterocycles. The van der Waals surface area contributed by atoms with Gasteiger partial charge in [0, 0.05) is 29.4 Å². The minimum Gasteiger partial charge on any atom is -0.507 e. The van der Waals surface area contributed by atoms with Gasteiger partial charge < -0.3 is 14.6 Å². The first-order valence-corrected chi connectivity index (χ1v) is 11.4. The van der Waals surface area contributed by atoms with Crippen LogP contribution < -0.4 is 14.4 Å². The third-order valence-electron chi connectivity index (χ3n) is 5.72. The molecule has 3 aromatic rings. The van der Waals surface area contributed by atoms with Crippen molar-refractivity contribution in [3.8, 4) is 11.5 Å². The van der Waals surface area contributed by atoms with Crippen molar-refractivity contribution in [3.63, 3.8) is 0 Å². The van der Waals surface area contributed by atoms with Gasteiger partial charge in [0.25, 0.3) is 17.4 Å². The number of hydrogen-bond donors (Lipinski definition) is 1. The Labute approximate surface area is 207 Å². The van der Waals surface area contributed by atoms with Crippen LogP contribution in [0.1, 0.15) is 31.0 Å². The largest absolute Gasteiger partial charge is 0.507 e. The van der Waals surface area contributed by atoms with E-state index in [1.807, 2.05) is 13.8 Å². The van der Waals surface area contributed by atoms with Crippen molar-refractivity contribution >= 4 is 28.8 Å². The number of nitro groups is 1. The average molecular weight is 488 g/mol. The zero-order chi connectivity index (χ0) is 25.8. The molecule has 3 aromatic carbocycles. The van der Waals surface area contributed by atoms with E-state index in [0.29, 0.717) is 36.0 Å². The third kappa shape index (κ3) is 4.50. The Hall–Kier alpha value is -4.66. The minimum absolute atomic E-state index is 0.119. The zero-order valence-electron chi connectivity index (χ0n) is 19.7. The molecule has 1 aliphatic rings. The van der Waals surface area contributed by atoms with E-state index in [0.717, 1.165) is 0 Å². The van der Waals surface area contributed by atoms with Gasteiger partial charge >= 0.3 is 0 Å². The van der Waals surface area contributed by atoms with Crippen molar-refractivity contribution in [2.24, 2.45) is 0 Å². The number of aliphatic hydroxyl groups is 1.